The van der Waals surface area contributed by atoms with Crippen molar-refractivity contribution in [2.75, 3.05) is 82.9 Å². The number of hydrogen-bond acceptors (Lipinski definition) is 37. The molecule has 0 saturated carbocycles. The highest BCUT2D eigenvalue weighted by Gasteiger charge is 2.51. The number of anilines is 2. The highest BCUT2D eigenvalue weighted by molar-refractivity contribution is 6.14. The first-order valence-electron chi connectivity index (χ1n) is 45.6. The minimum absolute atomic E-state index is 0.000218. The monoisotopic (exact) mass is 2020 g/mol. The molecule has 0 unspecified atom stereocenters. The lowest BCUT2D eigenvalue weighted by Gasteiger charge is -2.38. The standard InChI is InChI=1S/C33H43N3O13.C32H44N2O14.C30H37N3O13/c1-33(2,3)32(46)47-17-7-8-19-10-11-21(48-31-28(43)26(41)27(42)29(49-31)30(44)45)20(18-19)35-23(38)14-15-34-22(37)9-5-4-6-16-36-24(39)12-13-25(36)40;1-32(2,3)31(43)46-18-19-8-9-20(47-30-27(40)25(38)26(39)28(48-30)29(41)42)21(17-19)45-16-15-44-14-12-33-22(35)7-5-4-6-13-34-23(36)10-11-24(34)37;1-30(2,3)29(43)44-14-4-5-16-6-7-18(45-28-25(40)23(38)24(39)26(46-28)27(41)42)17(15-16)32-20(35)10-12-31-19(34)11-13-33-21(36)8-9-22(33)37/h7-8,10-13,18,26-29,31,41-43H,4-6,9,14-17H2,1-3H3,(H,34,37)(H,35,38)(H,44,45);8-11,17,25-28,30,38-40H,4-7,12-16,18H2,1-3H3,(H,33,35)(H,41,42);4-9,15,23-26,28,38-40H,10-14H2,1-3H3,(H,31,34)(H,32,35)(H,41,42)/b8-7+;;5-4+/t26-,27-,28+,29-,31+;25-,26-,27+,28-,30+;23-,24-,25+,26-,28+/m000/s1. The Morgan fingerprint density at radius 2 is 0.699 bits per heavy atom. The molecule has 6 aliphatic rings. The predicted molar refractivity (Wildman–Crippen MR) is 493 cm³/mol. The van der Waals surface area contributed by atoms with Gasteiger partial charge in [0.05, 0.1) is 40.8 Å². The van der Waals surface area contributed by atoms with E-state index in [0.29, 0.717) is 61.8 Å². The summed E-state index contributed by atoms with van der Waals surface area (Å²) < 4.78 is 59.7. The normalized spacial score (nSPS) is 22.6. The number of aliphatic carboxylic acids is 3. The molecule has 9 rings (SSSR count). The van der Waals surface area contributed by atoms with Crippen LogP contribution < -0.4 is 45.5 Å². The smallest absolute Gasteiger partial charge is 0.335 e. The average molecular weight is 2020 g/mol. The van der Waals surface area contributed by atoms with Crippen LogP contribution in [0.3, 0.4) is 0 Å². The highest BCUT2D eigenvalue weighted by Crippen LogP contribution is 2.37. The Morgan fingerprint density at radius 1 is 0.357 bits per heavy atom. The molecular formula is C95H124N8O40. The fourth-order valence-electron chi connectivity index (χ4n) is 13.3. The molecule has 0 aliphatic carbocycles. The van der Waals surface area contributed by atoms with E-state index in [1.165, 1.54) is 71.7 Å². The fourth-order valence-corrected chi connectivity index (χ4v) is 13.3. The first kappa shape index (κ1) is 117. The van der Waals surface area contributed by atoms with Crippen molar-refractivity contribution in [2.45, 2.75) is 232 Å². The number of esters is 3. The average Bonchev–Trinajstić information content (AvgIpc) is 0.830. The van der Waals surface area contributed by atoms with Gasteiger partial charge in [0.1, 0.15) is 92.9 Å². The van der Waals surface area contributed by atoms with Crippen molar-refractivity contribution < 1.29 is 195 Å². The van der Waals surface area contributed by atoms with Gasteiger partial charge in [-0.05, 0) is 153 Å². The van der Waals surface area contributed by atoms with Crippen molar-refractivity contribution in [1.82, 2.24) is 30.7 Å². The molecule has 11 amide bonds. The molecule has 3 aromatic rings. The number of carbonyl (C=O) groups excluding carboxylic acids is 14. The van der Waals surface area contributed by atoms with Gasteiger partial charge in [-0.15, -0.1) is 0 Å². The summed E-state index contributed by atoms with van der Waals surface area (Å²) in [4.78, 5) is 206. The summed E-state index contributed by atoms with van der Waals surface area (Å²) in [5, 5.41) is 133. The van der Waals surface area contributed by atoms with Gasteiger partial charge in [-0.25, -0.2) is 14.4 Å². The lowest BCUT2D eigenvalue weighted by atomic mass is 9.97. The Labute approximate surface area is 820 Å². The fraction of sp³-hybridized carbons (Fsp3) is 0.526. The van der Waals surface area contributed by atoms with Crippen LogP contribution in [0.4, 0.5) is 11.4 Å². The minimum atomic E-state index is -1.94. The second-order valence-corrected chi connectivity index (χ2v) is 36.1. The molecular weight excluding hydrogens is 1890 g/mol. The Morgan fingerprint density at radius 3 is 1.07 bits per heavy atom. The summed E-state index contributed by atoms with van der Waals surface area (Å²) in [6, 6.07) is 13.3. The zero-order valence-electron chi connectivity index (χ0n) is 80.0. The molecule has 0 bridgehead atoms. The quantitative estimate of drug-likeness (QED) is 0.0151. The maximum Gasteiger partial charge on any atom is 0.335 e. The lowest BCUT2D eigenvalue weighted by Crippen LogP contribution is -2.61. The van der Waals surface area contributed by atoms with E-state index < -0.39 is 174 Å². The Hall–Kier alpha value is -13.4. The topological polar surface area (TPSA) is 704 Å². The molecule has 6 aliphatic heterocycles. The van der Waals surface area contributed by atoms with Gasteiger partial charge in [-0.3, -0.25) is 81.8 Å². The number of hydrogen-bond donors (Lipinski definition) is 17. The van der Waals surface area contributed by atoms with Crippen LogP contribution >= 0.6 is 0 Å². The second-order valence-electron chi connectivity index (χ2n) is 36.1. The second kappa shape index (κ2) is 55.3. The van der Waals surface area contributed by atoms with Crippen LogP contribution in [-0.2, 0) is 121 Å². The molecule has 15 atom stereocenters. The molecule has 3 aromatic carbocycles. The van der Waals surface area contributed by atoms with Crippen molar-refractivity contribution in [1.29, 1.82) is 0 Å². The molecule has 48 heteroatoms. The van der Waals surface area contributed by atoms with Gasteiger partial charge < -0.3 is 140 Å². The number of aliphatic hydroxyl groups is 9. The third-order valence-corrected chi connectivity index (χ3v) is 21.4. The van der Waals surface area contributed by atoms with E-state index in [2.05, 4.69) is 26.6 Å². The van der Waals surface area contributed by atoms with Crippen molar-refractivity contribution in [3.63, 3.8) is 0 Å². The van der Waals surface area contributed by atoms with Crippen LogP contribution in [-0.4, -0.2) is 341 Å². The summed E-state index contributed by atoms with van der Waals surface area (Å²) in [7, 11) is 0. The van der Waals surface area contributed by atoms with Crippen molar-refractivity contribution in [3.05, 3.63) is 120 Å². The van der Waals surface area contributed by atoms with Crippen molar-refractivity contribution in [2.24, 2.45) is 16.2 Å². The van der Waals surface area contributed by atoms with Crippen LogP contribution in [0.5, 0.6) is 23.0 Å². The van der Waals surface area contributed by atoms with E-state index in [4.69, 9.17) is 52.1 Å². The van der Waals surface area contributed by atoms with Gasteiger partial charge in [-0.1, -0.05) is 43.2 Å². The maximum absolute atomic E-state index is 12.9. The van der Waals surface area contributed by atoms with Crippen LogP contribution in [0, 0.1) is 16.2 Å². The third kappa shape index (κ3) is 36.8. The van der Waals surface area contributed by atoms with E-state index in [-0.39, 0.29) is 174 Å². The number of imide groups is 3. The third-order valence-electron chi connectivity index (χ3n) is 21.4. The number of rotatable bonds is 47. The zero-order chi connectivity index (χ0) is 106. The van der Waals surface area contributed by atoms with E-state index in [0.717, 1.165) is 22.0 Å². The summed E-state index contributed by atoms with van der Waals surface area (Å²) in [5.41, 5.74) is -0.440. The molecule has 0 aromatic heterocycles. The van der Waals surface area contributed by atoms with Gasteiger partial charge in [0.2, 0.25) is 48.4 Å². The SMILES string of the molecule is CC(C)(C)C(=O)OC/C=C/c1ccc(O[C@@H]2O[C@H](C(=O)O)[C@@H](O)[C@H](O)[C@H]2O)c(NC(=O)CCNC(=O)CCCCCN2C(=O)C=CC2=O)c1.CC(C)(C)C(=O)OC/C=C/c1ccc(O[C@@H]2O[C@H](C(=O)O)[C@@H](O)[C@H](O)[C@H]2O)c(NC(=O)CCNC(=O)CCN2C(=O)C=CC2=O)c1.CC(C)(C)C(=O)OCc1ccc(O[C@@H]2O[C@H](C(=O)O)[C@@H](O)[C@H](O)[C@H]2O)c(OCCOCCNC(=O)CCCCCN2C(=O)C=CC2=O)c1. The number of carbonyl (C=O) groups is 17. The van der Waals surface area contributed by atoms with E-state index in [1.807, 2.05) is 0 Å². The van der Waals surface area contributed by atoms with Crippen LogP contribution in [0.25, 0.3) is 12.2 Å². The first-order valence-corrected chi connectivity index (χ1v) is 45.6. The molecule has 17 N–H and O–H groups in total. The largest absolute Gasteiger partial charge is 0.487 e. The number of nitrogens with one attached hydrogen (secondary N) is 5. The predicted octanol–water partition coefficient (Wildman–Crippen LogP) is -0.146. The van der Waals surface area contributed by atoms with Gasteiger partial charge in [-0.2, -0.15) is 0 Å². The first-order chi connectivity index (χ1) is 67.3. The zero-order valence-corrected chi connectivity index (χ0v) is 80.0. The number of benzene rings is 3. The Bertz CT molecular complexity index is 5110. The number of carboxylic acid groups (broad SMARTS) is 3. The van der Waals surface area contributed by atoms with Crippen LogP contribution in [0.1, 0.15) is 150 Å². The van der Waals surface area contributed by atoms with E-state index in [9.17, 15) is 143 Å². The maximum atomic E-state index is 12.9. The lowest BCUT2D eigenvalue weighted by molar-refractivity contribution is -0.271. The van der Waals surface area contributed by atoms with E-state index >= 15 is 0 Å². The van der Waals surface area contributed by atoms with Crippen molar-refractivity contribution >= 4 is 124 Å². The van der Waals surface area contributed by atoms with Gasteiger partial charge in [0.15, 0.2) is 29.8 Å². The number of aliphatic hydroxyl groups excluding tert-OH is 9. The number of unbranched alkanes of at least 4 members (excludes halogenated alkanes) is 4. The highest BCUT2D eigenvalue weighted by atomic mass is 16.7. The van der Waals surface area contributed by atoms with Crippen molar-refractivity contribution in [3.8, 4) is 23.0 Å². The number of amides is 11. The number of nitrogens with zero attached hydrogens (tertiary/aromatic N) is 3. The molecule has 143 heavy (non-hydrogen) atoms. The van der Waals surface area contributed by atoms with E-state index in [1.54, 1.807) is 98.8 Å². The molecule has 3 fully saturated rings. The molecule has 0 spiro atoms. The summed E-state index contributed by atoms with van der Waals surface area (Å²) in [5.74, 6) is -10.5. The summed E-state index contributed by atoms with van der Waals surface area (Å²) in [6.45, 7) is 16.2. The minimum Gasteiger partial charge on any atom is -0.487 e. The van der Waals surface area contributed by atoms with Gasteiger partial charge in [0.25, 0.3) is 35.4 Å². The van der Waals surface area contributed by atoms with Crippen LogP contribution in [0.2, 0.25) is 0 Å². The van der Waals surface area contributed by atoms with Gasteiger partial charge >= 0.3 is 35.8 Å². The molecule has 0 radical (unpaired) electrons. The van der Waals surface area contributed by atoms with Gasteiger partial charge in [0, 0.05) is 108 Å². The van der Waals surface area contributed by atoms with Crippen LogP contribution in [0.15, 0.2) is 103 Å². The molecule has 6 heterocycles. The molecule has 48 nitrogen and oxygen atoms in total. The summed E-state index contributed by atoms with van der Waals surface area (Å²) >= 11 is 0. The molecule has 784 valence electrons. The number of carboxylic acids is 3. The molecule has 3 saturated heterocycles. The Balaban J connectivity index is 0.000000291. The number of ether oxygens (including phenoxy) is 11. The summed E-state index contributed by atoms with van der Waals surface area (Å²) in [6.07, 6.45) is -10.8. The Kier molecular flexibility index (Phi) is 45.1.